The van der Waals surface area contributed by atoms with Crippen LogP contribution >= 0.6 is 0 Å². The number of Topliss-reactive ketones (excluding diaryl/α,β-unsaturated/α-hetero) is 1. The number of aliphatic hydroxyl groups is 1. The molecule has 2 fully saturated rings. The van der Waals surface area contributed by atoms with Crippen LogP contribution in [0, 0.1) is 5.82 Å². The largest absolute Gasteiger partial charge is 0.507 e. The molecule has 2 aliphatic heterocycles. The van der Waals surface area contributed by atoms with Crippen LogP contribution in [0.4, 0.5) is 4.39 Å². The summed E-state index contributed by atoms with van der Waals surface area (Å²) in [6, 6.07) is 6.22. The van der Waals surface area contributed by atoms with Crippen molar-refractivity contribution < 1.29 is 33.0 Å². The number of methoxy groups -OCH3 is 1. The summed E-state index contributed by atoms with van der Waals surface area (Å²) in [5, 5.41) is 10.9. The number of hydrogen-bond acceptors (Lipinski definition) is 7. The second kappa shape index (κ2) is 8.91. The Labute approximate surface area is 178 Å². The fourth-order valence-corrected chi connectivity index (χ4v) is 3.90. The van der Waals surface area contributed by atoms with Crippen LogP contribution in [-0.2, 0) is 14.3 Å². The maximum atomic E-state index is 14.2. The predicted molar refractivity (Wildman–Crippen MR) is 108 cm³/mol. The maximum absolute atomic E-state index is 14.2. The van der Waals surface area contributed by atoms with Gasteiger partial charge in [0.2, 0.25) is 0 Å². The van der Waals surface area contributed by atoms with E-state index in [1.807, 2.05) is 0 Å². The molecule has 164 valence electrons. The Hall–Kier alpha value is -3.17. The van der Waals surface area contributed by atoms with Crippen LogP contribution < -0.4 is 4.74 Å². The van der Waals surface area contributed by atoms with Gasteiger partial charge in [0, 0.05) is 31.7 Å². The van der Waals surface area contributed by atoms with E-state index in [9.17, 15) is 19.1 Å². The van der Waals surface area contributed by atoms with Crippen molar-refractivity contribution in [2.24, 2.45) is 0 Å². The first kappa shape index (κ1) is 21.1. The topological polar surface area (TPSA) is 92.5 Å². The molecule has 2 aliphatic rings. The van der Waals surface area contributed by atoms with Gasteiger partial charge < -0.3 is 23.9 Å². The van der Waals surface area contributed by atoms with E-state index in [0.29, 0.717) is 25.5 Å². The SMILES string of the molecule is COc1ccc(/C(O)=C2\C(=O)C(=O)N(CCN3CCOCC3)[C@H]2c2ccco2)cc1F. The number of benzene rings is 1. The van der Waals surface area contributed by atoms with Gasteiger partial charge in [-0.1, -0.05) is 0 Å². The number of nitrogens with zero attached hydrogens (tertiary/aromatic N) is 2. The van der Waals surface area contributed by atoms with E-state index >= 15 is 0 Å². The number of morpholine rings is 1. The van der Waals surface area contributed by atoms with Crippen LogP contribution in [0.2, 0.25) is 0 Å². The van der Waals surface area contributed by atoms with Gasteiger partial charge in [0.05, 0.1) is 32.2 Å². The van der Waals surface area contributed by atoms with E-state index in [1.165, 1.54) is 30.4 Å². The Morgan fingerprint density at radius 3 is 2.65 bits per heavy atom. The van der Waals surface area contributed by atoms with Gasteiger partial charge in [0.1, 0.15) is 17.6 Å². The van der Waals surface area contributed by atoms with Crippen LogP contribution in [0.5, 0.6) is 5.75 Å². The minimum absolute atomic E-state index is 0.00472. The van der Waals surface area contributed by atoms with Gasteiger partial charge in [-0.25, -0.2) is 4.39 Å². The second-order valence-electron chi connectivity index (χ2n) is 7.31. The summed E-state index contributed by atoms with van der Waals surface area (Å²) < 4.78 is 29.9. The average molecular weight is 430 g/mol. The Morgan fingerprint density at radius 2 is 2.00 bits per heavy atom. The number of carbonyl (C=O) groups excluding carboxylic acids is 2. The number of carbonyl (C=O) groups is 2. The van der Waals surface area contributed by atoms with Crippen LogP contribution in [0.25, 0.3) is 5.76 Å². The van der Waals surface area contributed by atoms with Crippen molar-refractivity contribution in [2.75, 3.05) is 46.5 Å². The second-order valence-corrected chi connectivity index (χ2v) is 7.31. The molecule has 0 saturated carbocycles. The highest BCUT2D eigenvalue weighted by molar-refractivity contribution is 6.46. The Balaban J connectivity index is 1.70. The molecule has 0 unspecified atom stereocenters. The normalized spacial score (nSPS) is 21.6. The number of ether oxygens (including phenoxy) is 2. The van der Waals surface area contributed by atoms with E-state index < -0.39 is 29.3 Å². The third-order valence-corrected chi connectivity index (χ3v) is 5.54. The number of furan rings is 1. The smallest absolute Gasteiger partial charge is 0.295 e. The van der Waals surface area contributed by atoms with E-state index in [-0.39, 0.29) is 23.4 Å². The molecule has 31 heavy (non-hydrogen) atoms. The first-order chi connectivity index (χ1) is 15.0. The monoisotopic (exact) mass is 430 g/mol. The van der Waals surface area contributed by atoms with Crippen LogP contribution in [0.3, 0.4) is 0 Å². The van der Waals surface area contributed by atoms with Crippen molar-refractivity contribution >= 4 is 17.4 Å². The molecule has 1 aromatic heterocycles. The van der Waals surface area contributed by atoms with Crippen molar-refractivity contribution in [1.82, 2.24) is 9.80 Å². The molecule has 4 rings (SSSR count). The van der Waals surface area contributed by atoms with E-state index in [0.717, 1.165) is 19.2 Å². The zero-order chi connectivity index (χ0) is 22.0. The third kappa shape index (κ3) is 4.06. The van der Waals surface area contributed by atoms with Crippen LogP contribution in [0.1, 0.15) is 17.4 Å². The average Bonchev–Trinajstić information content (AvgIpc) is 3.40. The van der Waals surface area contributed by atoms with Gasteiger partial charge >= 0.3 is 0 Å². The molecule has 1 amide bonds. The fraction of sp³-hybridized carbons (Fsp3) is 0.364. The van der Waals surface area contributed by atoms with Gasteiger partial charge in [-0.05, 0) is 30.3 Å². The molecule has 1 N–H and O–H groups in total. The predicted octanol–water partition coefficient (Wildman–Crippen LogP) is 2.18. The zero-order valence-corrected chi connectivity index (χ0v) is 17.0. The van der Waals surface area contributed by atoms with Gasteiger partial charge in [-0.2, -0.15) is 0 Å². The van der Waals surface area contributed by atoms with Gasteiger partial charge in [-0.3, -0.25) is 14.5 Å². The summed E-state index contributed by atoms with van der Waals surface area (Å²) >= 11 is 0. The zero-order valence-electron chi connectivity index (χ0n) is 17.0. The number of aliphatic hydroxyl groups excluding tert-OH is 1. The van der Waals surface area contributed by atoms with Crippen molar-refractivity contribution in [3.8, 4) is 5.75 Å². The summed E-state index contributed by atoms with van der Waals surface area (Å²) in [6.07, 6.45) is 1.43. The van der Waals surface area contributed by atoms with Gasteiger partial charge in [0.25, 0.3) is 11.7 Å². The summed E-state index contributed by atoms with van der Waals surface area (Å²) in [5.74, 6) is -2.37. The number of amides is 1. The minimum Gasteiger partial charge on any atom is -0.507 e. The summed E-state index contributed by atoms with van der Waals surface area (Å²) in [5.41, 5.74) is -0.0625. The van der Waals surface area contributed by atoms with Crippen molar-refractivity contribution in [3.63, 3.8) is 0 Å². The highest BCUT2D eigenvalue weighted by Gasteiger charge is 2.47. The lowest BCUT2D eigenvalue weighted by Gasteiger charge is -2.30. The molecule has 9 heteroatoms. The van der Waals surface area contributed by atoms with Gasteiger partial charge in [0.15, 0.2) is 11.6 Å². The van der Waals surface area contributed by atoms with Crippen molar-refractivity contribution in [3.05, 3.63) is 59.3 Å². The molecular formula is C22H23FN2O6. The van der Waals surface area contributed by atoms with Crippen molar-refractivity contribution in [1.29, 1.82) is 0 Å². The molecule has 2 saturated heterocycles. The molecular weight excluding hydrogens is 407 g/mol. The van der Waals surface area contributed by atoms with E-state index in [1.54, 1.807) is 12.1 Å². The number of ketones is 1. The Bertz CT molecular complexity index is 997. The lowest BCUT2D eigenvalue weighted by atomic mass is 9.99. The Kier molecular flexibility index (Phi) is 6.06. The standard InChI is InChI=1S/C22H23FN2O6/c1-29-16-5-4-14(13-15(16)23)20(26)18-19(17-3-2-10-31-17)25(22(28)21(18)27)7-6-24-8-11-30-12-9-24/h2-5,10,13,19,26H,6-9,11-12H2,1H3/b20-18+/t19-/m0/s1. The maximum Gasteiger partial charge on any atom is 0.295 e. The number of rotatable bonds is 6. The van der Waals surface area contributed by atoms with Crippen LogP contribution in [-0.4, -0.2) is 73.1 Å². The molecule has 1 aromatic carbocycles. The van der Waals surface area contributed by atoms with E-state index in [2.05, 4.69) is 4.90 Å². The van der Waals surface area contributed by atoms with E-state index in [4.69, 9.17) is 13.9 Å². The van der Waals surface area contributed by atoms with Crippen LogP contribution in [0.15, 0.2) is 46.6 Å². The first-order valence-corrected chi connectivity index (χ1v) is 9.97. The summed E-state index contributed by atoms with van der Waals surface area (Å²) in [7, 11) is 1.33. The van der Waals surface area contributed by atoms with Gasteiger partial charge in [-0.15, -0.1) is 0 Å². The fourth-order valence-electron chi connectivity index (χ4n) is 3.90. The lowest BCUT2D eigenvalue weighted by molar-refractivity contribution is -0.140. The lowest BCUT2D eigenvalue weighted by Crippen LogP contribution is -2.42. The molecule has 0 spiro atoms. The minimum atomic E-state index is -0.902. The number of halogens is 1. The Morgan fingerprint density at radius 1 is 1.23 bits per heavy atom. The summed E-state index contributed by atoms with van der Waals surface area (Å²) in [6.45, 7) is 3.52. The molecule has 8 nitrogen and oxygen atoms in total. The molecule has 0 aliphatic carbocycles. The molecule has 3 heterocycles. The first-order valence-electron chi connectivity index (χ1n) is 9.97. The highest BCUT2D eigenvalue weighted by Crippen LogP contribution is 2.39. The number of likely N-dealkylation sites (tertiary alicyclic amines) is 1. The van der Waals surface area contributed by atoms with Crippen molar-refractivity contribution in [2.45, 2.75) is 6.04 Å². The molecule has 0 radical (unpaired) electrons. The number of hydrogen-bond donors (Lipinski definition) is 1. The highest BCUT2D eigenvalue weighted by atomic mass is 19.1. The summed E-state index contributed by atoms with van der Waals surface area (Å²) in [4.78, 5) is 29.3. The quantitative estimate of drug-likeness (QED) is 0.427. The molecule has 1 atom stereocenters. The molecule has 2 aromatic rings. The molecule has 0 bridgehead atoms. The third-order valence-electron chi connectivity index (χ3n) is 5.54.